The number of sulfonamides is 1. The standard InChI is InChI=1S/C30H34ClN5O4S2/c1-19(2)17-36(3)18-20-9-10-22-24(13-14-40-27(22)15-20)32-28(37)16-26(21-7-5-4-6-8-21)35-42(38,39)30-23(31)11-12-25-29(30)34-41-33-25/h4-12,15,19,24,26,35H,13-14,16-18H2,1-3H3,(H,32,37). The fraction of sp³-hybridized carbons (Fsp3) is 0.367. The Hall–Kier alpha value is -3.09. The molecule has 12 heteroatoms. The molecular formula is C30H34ClN5O4S2. The van der Waals surface area contributed by atoms with Gasteiger partial charge in [0.15, 0.2) is 0 Å². The highest BCUT2D eigenvalue weighted by atomic mass is 35.5. The molecule has 1 amide bonds. The van der Waals surface area contributed by atoms with E-state index in [4.69, 9.17) is 16.3 Å². The number of ether oxygens (including phenoxy) is 1. The van der Waals surface area contributed by atoms with Crippen LogP contribution in [0.15, 0.2) is 65.6 Å². The van der Waals surface area contributed by atoms with Crippen LogP contribution in [0.3, 0.4) is 0 Å². The summed E-state index contributed by atoms with van der Waals surface area (Å²) in [6.45, 7) is 6.66. The number of hydrogen-bond donors (Lipinski definition) is 2. The summed E-state index contributed by atoms with van der Waals surface area (Å²) in [7, 11) is -2.07. The quantitative estimate of drug-likeness (QED) is 0.226. The highest BCUT2D eigenvalue weighted by molar-refractivity contribution is 7.89. The lowest BCUT2D eigenvalue weighted by Gasteiger charge is -2.28. The van der Waals surface area contributed by atoms with E-state index in [1.165, 1.54) is 6.07 Å². The van der Waals surface area contributed by atoms with Crippen molar-refractivity contribution in [3.05, 3.63) is 82.4 Å². The van der Waals surface area contributed by atoms with Gasteiger partial charge in [0, 0.05) is 31.5 Å². The number of nitrogens with one attached hydrogen (secondary N) is 2. The van der Waals surface area contributed by atoms with Gasteiger partial charge in [-0.05, 0) is 42.3 Å². The zero-order valence-corrected chi connectivity index (χ0v) is 26.1. The molecule has 0 saturated carbocycles. The van der Waals surface area contributed by atoms with Crippen LogP contribution < -0.4 is 14.8 Å². The number of carbonyl (C=O) groups is 1. The van der Waals surface area contributed by atoms with Crippen molar-refractivity contribution in [2.75, 3.05) is 20.2 Å². The summed E-state index contributed by atoms with van der Waals surface area (Å²) >= 11 is 7.25. The maximum absolute atomic E-state index is 13.6. The Bertz CT molecular complexity index is 1660. The second-order valence-corrected chi connectivity index (χ2v) is 13.6. The highest BCUT2D eigenvalue weighted by Crippen LogP contribution is 2.34. The van der Waals surface area contributed by atoms with E-state index in [1.54, 1.807) is 30.3 Å². The van der Waals surface area contributed by atoms with Crippen molar-refractivity contribution in [3.8, 4) is 5.75 Å². The molecule has 5 rings (SSSR count). The molecule has 4 aromatic rings. The summed E-state index contributed by atoms with van der Waals surface area (Å²) in [6, 6.07) is 17.2. The van der Waals surface area contributed by atoms with Crippen LogP contribution >= 0.6 is 23.3 Å². The first-order valence-electron chi connectivity index (χ1n) is 13.8. The summed E-state index contributed by atoms with van der Waals surface area (Å²) < 4.78 is 44.2. The van der Waals surface area contributed by atoms with Crippen molar-refractivity contribution in [3.63, 3.8) is 0 Å². The predicted octanol–water partition coefficient (Wildman–Crippen LogP) is 5.48. The molecular weight excluding hydrogens is 594 g/mol. The van der Waals surface area contributed by atoms with Gasteiger partial charge in [-0.3, -0.25) is 4.79 Å². The molecule has 0 radical (unpaired) electrons. The molecule has 2 unspecified atom stereocenters. The maximum atomic E-state index is 13.6. The largest absolute Gasteiger partial charge is 0.493 e. The number of amides is 1. The second-order valence-electron chi connectivity index (χ2n) is 11.0. The first-order valence-corrected chi connectivity index (χ1v) is 16.4. The Kier molecular flexibility index (Phi) is 9.44. The molecule has 222 valence electrons. The zero-order valence-electron chi connectivity index (χ0n) is 23.7. The van der Waals surface area contributed by atoms with Gasteiger partial charge in [0.25, 0.3) is 0 Å². The molecule has 3 aromatic carbocycles. The number of benzene rings is 3. The Balaban J connectivity index is 1.34. The van der Waals surface area contributed by atoms with Gasteiger partial charge in [0.2, 0.25) is 15.9 Å². The maximum Gasteiger partial charge on any atom is 0.244 e. The fourth-order valence-corrected chi connectivity index (χ4v) is 7.84. The molecule has 42 heavy (non-hydrogen) atoms. The molecule has 0 bridgehead atoms. The van der Waals surface area contributed by atoms with Gasteiger partial charge in [-0.15, -0.1) is 0 Å². The van der Waals surface area contributed by atoms with Crippen LogP contribution in [-0.2, 0) is 21.4 Å². The Morgan fingerprint density at radius 3 is 2.69 bits per heavy atom. The van der Waals surface area contributed by atoms with Crippen LogP contribution in [0.25, 0.3) is 11.0 Å². The van der Waals surface area contributed by atoms with Gasteiger partial charge < -0.3 is 15.0 Å². The Labute approximate surface area is 255 Å². The smallest absolute Gasteiger partial charge is 0.244 e. The third-order valence-corrected chi connectivity index (χ3v) is 9.59. The van der Waals surface area contributed by atoms with Gasteiger partial charge >= 0.3 is 0 Å². The lowest BCUT2D eigenvalue weighted by Crippen LogP contribution is -2.36. The van der Waals surface area contributed by atoms with E-state index >= 15 is 0 Å². The first-order chi connectivity index (χ1) is 20.1. The van der Waals surface area contributed by atoms with Crippen molar-refractivity contribution in [1.82, 2.24) is 23.7 Å². The number of carbonyl (C=O) groups excluding carboxylic acids is 1. The fourth-order valence-electron chi connectivity index (χ4n) is 5.34. The lowest BCUT2D eigenvalue weighted by molar-refractivity contribution is -0.122. The molecule has 1 aliphatic rings. The minimum Gasteiger partial charge on any atom is -0.493 e. The predicted molar refractivity (Wildman–Crippen MR) is 165 cm³/mol. The van der Waals surface area contributed by atoms with E-state index < -0.39 is 16.1 Å². The topological polar surface area (TPSA) is 114 Å². The molecule has 0 fully saturated rings. The monoisotopic (exact) mass is 627 g/mol. The van der Waals surface area contributed by atoms with Crippen LogP contribution in [-0.4, -0.2) is 48.2 Å². The molecule has 0 spiro atoms. The molecule has 0 aliphatic carbocycles. The number of rotatable bonds is 11. The summed E-state index contributed by atoms with van der Waals surface area (Å²) in [5, 5.41) is 3.15. The third-order valence-electron chi connectivity index (χ3n) is 7.07. The third kappa shape index (κ3) is 7.09. The first kappa shape index (κ1) is 30.4. The van der Waals surface area contributed by atoms with E-state index in [2.05, 4.69) is 50.6 Å². The van der Waals surface area contributed by atoms with Gasteiger partial charge in [-0.1, -0.05) is 67.9 Å². The molecule has 1 aliphatic heterocycles. The van der Waals surface area contributed by atoms with Crippen LogP contribution in [0, 0.1) is 5.92 Å². The molecule has 2 heterocycles. The van der Waals surface area contributed by atoms with Gasteiger partial charge in [0.1, 0.15) is 21.7 Å². The summed E-state index contributed by atoms with van der Waals surface area (Å²) in [5.41, 5.74) is 3.35. The number of nitrogens with zero attached hydrogens (tertiary/aromatic N) is 3. The Morgan fingerprint density at radius 2 is 1.93 bits per heavy atom. The normalized spacial score (nSPS) is 15.9. The van der Waals surface area contributed by atoms with Crippen molar-refractivity contribution in [2.45, 2.75) is 50.2 Å². The lowest BCUT2D eigenvalue weighted by atomic mass is 9.97. The second kappa shape index (κ2) is 13.0. The van der Waals surface area contributed by atoms with Crippen molar-refractivity contribution in [2.24, 2.45) is 5.92 Å². The van der Waals surface area contributed by atoms with E-state index in [1.807, 2.05) is 18.2 Å². The van der Waals surface area contributed by atoms with Crippen molar-refractivity contribution in [1.29, 1.82) is 0 Å². The van der Waals surface area contributed by atoms with E-state index in [0.717, 1.165) is 41.7 Å². The van der Waals surface area contributed by atoms with Gasteiger partial charge in [0.05, 0.1) is 35.4 Å². The SMILES string of the molecule is CC(C)CN(C)Cc1ccc2c(c1)OCCC2NC(=O)CC(NS(=O)(=O)c1c(Cl)ccc2nsnc12)c1ccccc1. The van der Waals surface area contributed by atoms with E-state index in [9.17, 15) is 13.2 Å². The van der Waals surface area contributed by atoms with Gasteiger partial charge in [-0.25, -0.2) is 13.1 Å². The van der Waals surface area contributed by atoms with Gasteiger partial charge in [-0.2, -0.15) is 8.75 Å². The number of aromatic nitrogens is 2. The van der Waals surface area contributed by atoms with Crippen molar-refractivity contribution >= 4 is 50.3 Å². The minimum absolute atomic E-state index is 0.0348. The summed E-state index contributed by atoms with van der Waals surface area (Å²) in [4.78, 5) is 15.6. The molecule has 9 nitrogen and oxygen atoms in total. The molecule has 1 aromatic heterocycles. The summed E-state index contributed by atoms with van der Waals surface area (Å²) in [6.07, 6.45) is 0.498. The van der Waals surface area contributed by atoms with E-state index in [0.29, 0.717) is 30.0 Å². The minimum atomic E-state index is -4.17. The highest BCUT2D eigenvalue weighted by Gasteiger charge is 2.30. The number of hydrogen-bond acceptors (Lipinski definition) is 8. The average Bonchev–Trinajstić information content (AvgIpc) is 3.41. The molecule has 2 atom stereocenters. The van der Waals surface area contributed by atoms with E-state index in [-0.39, 0.29) is 33.8 Å². The van der Waals surface area contributed by atoms with Crippen molar-refractivity contribution < 1.29 is 17.9 Å². The molecule has 2 N–H and O–H groups in total. The summed E-state index contributed by atoms with van der Waals surface area (Å²) in [5.74, 6) is 1.05. The Morgan fingerprint density at radius 1 is 1.14 bits per heavy atom. The van der Waals surface area contributed by atoms with Crippen LogP contribution in [0.1, 0.15) is 55.5 Å². The van der Waals surface area contributed by atoms with Crippen LogP contribution in [0.4, 0.5) is 0 Å². The number of fused-ring (bicyclic) bond motifs is 2. The average molecular weight is 628 g/mol. The van der Waals surface area contributed by atoms with Crippen LogP contribution in [0.5, 0.6) is 5.75 Å². The number of halogens is 1. The zero-order chi connectivity index (χ0) is 29.9. The molecule has 0 saturated heterocycles. The van der Waals surface area contributed by atoms with Crippen LogP contribution in [0.2, 0.25) is 5.02 Å².